The first-order chi connectivity index (χ1) is 9.42. The molecule has 1 aromatic rings. The van der Waals surface area contributed by atoms with Crippen molar-refractivity contribution >= 4 is 17.3 Å². The van der Waals surface area contributed by atoms with E-state index in [1.807, 2.05) is 6.07 Å². The van der Waals surface area contributed by atoms with Crippen LogP contribution in [0.5, 0.6) is 0 Å². The first kappa shape index (κ1) is 15.6. The number of hydrogen-bond acceptors (Lipinski definition) is 1. The van der Waals surface area contributed by atoms with Gasteiger partial charge in [0.2, 0.25) is 0 Å². The number of rotatable bonds is 4. The van der Waals surface area contributed by atoms with Gasteiger partial charge in [-0.05, 0) is 55.2 Å². The lowest BCUT2D eigenvalue weighted by atomic mass is 9.69. The third-order valence-corrected chi connectivity index (χ3v) is 5.34. The fourth-order valence-electron chi connectivity index (χ4n) is 3.13. The van der Waals surface area contributed by atoms with Gasteiger partial charge in [-0.15, -0.1) is 0 Å². The molecule has 0 unspecified atom stereocenters. The lowest BCUT2D eigenvalue weighted by Crippen LogP contribution is -2.32. The third kappa shape index (κ3) is 3.66. The topological polar surface area (TPSA) is 12.0 Å². The summed E-state index contributed by atoms with van der Waals surface area (Å²) in [7, 11) is 0. The second-order valence-corrected chi connectivity index (χ2v) is 7.07. The van der Waals surface area contributed by atoms with Gasteiger partial charge in [-0.2, -0.15) is 0 Å². The molecule has 1 aliphatic rings. The normalized spacial score (nSPS) is 23.6. The van der Waals surface area contributed by atoms with Crippen molar-refractivity contribution in [3.8, 4) is 0 Å². The van der Waals surface area contributed by atoms with E-state index in [9.17, 15) is 4.39 Å². The van der Waals surface area contributed by atoms with Crippen LogP contribution in [0.15, 0.2) is 18.2 Å². The maximum Gasteiger partial charge on any atom is 0.143 e. The van der Waals surface area contributed by atoms with Gasteiger partial charge in [-0.3, -0.25) is 0 Å². The number of nitrogens with one attached hydrogen (secondary N) is 1. The SMILES string of the molecule is CCC(C)(C)C1CCC(Nc2ccc(Cl)c(F)c2)CC1. The number of benzene rings is 1. The molecule has 1 nitrogen and oxygen atoms in total. The average molecular weight is 298 g/mol. The summed E-state index contributed by atoms with van der Waals surface area (Å²) in [6.45, 7) is 7.03. The molecule has 1 aromatic carbocycles. The molecule has 1 saturated carbocycles. The highest BCUT2D eigenvalue weighted by Crippen LogP contribution is 2.40. The Balaban J connectivity index is 1.90. The Kier molecular flexibility index (Phi) is 4.95. The molecule has 0 heterocycles. The summed E-state index contributed by atoms with van der Waals surface area (Å²) < 4.78 is 13.4. The van der Waals surface area contributed by atoms with Crippen LogP contribution < -0.4 is 5.32 Å². The van der Waals surface area contributed by atoms with Crippen LogP contribution in [0.2, 0.25) is 5.02 Å². The van der Waals surface area contributed by atoms with E-state index in [0.29, 0.717) is 11.5 Å². The van der Waals surface area contributed by atoms with Crippen molar-refractivity contribution in [2.24, 2.45) is 11.3 Å². The van der Waals surface area contributed by atoms with E-state index in [4.69, 9.17) is 11.6 Å². The van der Waals surface area contributed by atoms with Gasteiger partial charge in [-0.1, -0.05) is 38.8 Å². The lowest BCUT2D eigenvalue weighted by molar-refractivity contribution is 0.147. The van der Waals surface area contributed by atoms with Crippen LogP contribution in [0.4, 0.5) is 10.1 Å². The minimum atomic E-state index is -0.350. The van der Waals surface area contributed by atoms with E-state index < -0.39 is 0 Å². The minimum absolute atomic E-state index is 0.184. The first-order valence-electron chi connectivity index (χ1n) is 7.64. The smallest absolute Gasteiger partial charge is 0.143 e. The van der Waals surface area contributed by atoms with Crippen molar-refractivity contribution in [1.29, 1.82) is 0 Å². The molecule has 1 fully saturated rings. The van der Waals surface area contributed by atoms with Crippen molar-refractivity contribution in [2.45, 2.75) is 58.9 Å². The molecule has 20 heavy (non-hydrogen) atoms. The van der Waals surface area contributed by atoms with Crippen molar-refractivity contribution in [3.05, 3.63) is 29.0 Å². The van der Waals surface area contributed by atoms with E-state index in [-0.39, 0.29) is 10.8 Å². The molecule has 0 aliphatic heterocycles. The van der Waals surface area contributed by atoms with Crippen molar-refractivity contribution < 1.29 is 4.39 Å². The summed E-state index contributed by atoms with van der Waals surface area (Å²) in [4.78, 5) is 0. The van der Waals surface area contributed by atoms with E-state index >= 15 is 0 Å². The summed E-state index contributed by atoms with van der Waals surface area (Å²) in [5, 5.41) is 3.62. The zero-order chi connectivity index (χ0) is 14.8. The van der Waals surface area contributed by atoms with Gasteiger partial charge < -0.3 is 5.32 Å². The summed E-state index contributed by atoms with van der Waals surface area (Å²) in [6.07, 6.45) is 6.08. The molecule has 0 bridgehead atoms. The van der Waals surface area contributed by atoms with Crippen LogP contribution in [0.25, 0.3) is 0 Å². The van der Waals surface area contributed by atoms with E-state index in [1.165, 1.54) is 38.2 Å². The Morgan fingerprint density at radius 1 is 1.25 bits per heavy atom. The van der Waals surface area contributed by atoms with E-state index in [1.54, 1.807) is 6.07 Å². The van der Waals surface area contributed by atoms with Crippen LogP contribution >= 0.6 is 11.6 Å². The Morgan fingerprint density at radius 2 is 1.90 bits per heavy atom. The van der Waals surface area contributed by atoms with Crippen LogP contribution in [0, 0.1) is 17.2 Å². The molecule has 0 spiro atoms. The van der Waals surface area contributed by atoms with Gasteiger partial charge in [0.15, 0.2) is 0 Å². The highest BCUT2D eigenvalue weighted by atomic mass is 35.5. The van der Waals surface area contributed by atoms with Crippen LogP contribution in [0.1, 0.15) is 52.9 Å². The molecule has 1 N–H and O–H groups in total. The predicted molar refractivity (Wildman–Crippen MR) is 84.9 cm³/mol. The third-order valence-electron chi connectivity index (χ3n) is 5.03. The Bertz CT molecular complexity index is 450. The highest BCUT2D eigenvalue weighted by molar-refractivity contribution is 6.30. The molecule has 0 saturated heterocycles. The maximum absolute atomic E-state index is 13.4. The first-order valence-corrected chi connectivity index (χ1v) is 8.01. The molecule has 1 aliphatic carbocycles. The van der Waals surface area contributed by atoms with Gasteiger partial charge >= 0.3 is 0 Å². The molecule has 112 valence electrons. The molecule has 0 atom stereocenters. The molecule has 0 radical (unpaired) electrons. The number of anilines is 1. The molecular formula is C17H25ClFN. The Morgan fingerprint density at radius 3 is 2.45 bits per heavy atom. The summed E-state index contributed by atoms with van der Waals surface area (Å²) in [5.41, 5.74) is 1.28. The summed E-state index contributed by atoms with van der Waals surface area (Å²) >= 11 is 5.71. The summed E-state index contributed by atoms with van der Waals surface area (Å²) in [6, 6.07) is 5.42. The van der Waals surface area contributed by atoms with Crippen LogP contribution in [0.3, 0.4) is 0 Å². The van der Waals surface area contributed by atoms with Gasteiger partial charge in [0, 0.05) is 11.7 Å². The molecule has 2 rings (SSSR count). The van der Waals surface area contributed by atoms with Gasteiger partial charge in [-0.25, -0.2) is 4.39 Å². The standard InChI is InChI=1S/C17H25ClFN/c1-4-17(2,3)12-5-7-13(8-6-12)20-14-9-10-15(18)16(19)11-14/h9-13,20H,4-8H2,1-3H3. The van der Waals surface area contributed by atoms with Gasteiger partial charge in [0.05, 0.1) is 5.02 Å². The Hall–Kier alpha value is -0.760. The average Bonchev–Trinajstić information content (AvgIpc) is 2.43. The fraction of sp³-hybridized carbons (Fsp3) is 0.647. The zero-order valence-corrected chi connectivity index (χ0v) is 13.4. The van der Waals surface area contributed by atoms with Crippen molar-refractivity contribution in [3.63, 3.8) is 0 Å². The minimum Gasteiger partial charge on any atom is -0.382 e. The van der Waals surface area contributed by atoms with E-state index in [2.05, 4.69) is 26.1 Å². The summed E-state index contributed by atoms with van der Waals surface area (Å²) in [5.74, 6) is 0.463. The highest BCUT2D eigenvalue weighted by Gasteiger charge is 2.31. The second kappa shape index (κ2) is 6.34. The monoisotopic (exact) mass is 297 g/mol. The van der Waals surface area contributed by atoms with E-state index in [0.717, 1.165) is 11.6 Å². The lowest BCUT2D eigenvalue weighted by Gasteiger charge is -2.39. The van der Waals surface area contributed by atoms with Crippen molar-refractivity contribution in [2.75, 3.05) is 5.32 Å². The largest absolute Gasteiger partial charge is 0.382 e. The molecule has 0 aromatic heterocycles. The molecular weight excluding hydrogens is 273 g/mol. The predicted octanol–water partition coefficient (Wildman–Crippen LogP) is 5.89. The molecule has 0 amide bonds. The number of halogens is 2. The quantitative estimate of drug-likeness (QED) is 0.731. The van der Waals surface area contributed by atoms with Gasteiger partial charge in [0.25, 0.3) is 0 Å². The number of hydrogen-bond donors (Lipinski definition) is 1. The van der Waals surface area contributed by atoms with Gasteiger partial charge in [0.1, 0.15) is 5.82 Å². The fourth-order valence-corrected chi connectivity index (χ4v) is 3.25. The van der Waals surface area contributed by atoms with Crippen LogP contribution in [-0.2, 0) is 0 Å². The Labute approximate surface area is 126 Å². The second-order valence-electron chi connectivity index (χ2n) is 6.66. The maximum atomic E-state index is 13.4. The van der Waals surface area contributed by atoms with Crippen LogP contribution in [-0.4, -0.2) is 6.04 Å². The zero-order valence-electron chi connectivity index (χ0n) is 12.7. The van der Waals surface area contributed by atoms with Crippen molar-refractivity contribution in [1.82, 2.24) is 0 Å². The molecule has 3 heteroatoms.